The number of benzene rings is 1. The summed E-state index contributed by atoms with van der Waals surface area (Å²) >= 11 is 5.81. The van der Waals surface area contributed by atoms with Crippen LogP contribution in [-0.4, -0.2) is 30.9 Å². The Balaban J connectivity index is 1.95. The van der Waals surface area contributed by atoms with E-state index in [2.05, 4.69) is 4.98 Å². The summed E-state index contributed by atoms with van der Waals surface area (Å²) in [4.78, 5) is 3.49. The van der Waals surface area contributed by atoms with Crippen molar-refractivity contribution in [3.63, 3.8) is 0 Å². The van der Waals surface area contributed by atoms with Crippen LogP contribution in [0.2, 0.25) is 5.02 Å². The summed E-state index contributed by atoms with van der Waals surface area (Å²) in [6.07, 6.45) is -4.24. The maximum absolute atomic E-state index is 12.8. The van der Waals surface area contributed by atoms with Crippen molar-refractivity contribution < 1.29 is 35.6 Å². The highest BCUT2D eigenvalue weighted by atomic mass is 35.5. The fourth-order valence-electron chi connectivity index (χ4n) is 2.07. The smallest absolute Gasteiger partial charge is 0.418 e. The van der Waals surface area contributed by atoms with Gasteiger partial charge in [0.05, 0.1) is 24.5 Å². The molecule has 2 aromatic rings. The average molecular weight is 426 g/mol. The van der Waals surface area contributed by atoms with Crippen LogP contribution in [0.25, 0.3) is 0 Å². The number of para-hydroxylation sites is 1. The Kier molecular flexibility index (Phi) is 6.90. The van der Waals surface area contributed by atoms with Crippen LogP contribution in [0.3, 0.4) is 0 Å². The van der Waals surface area contributed by atoms with Crippen molar-refractivity contribution in [2.24, 2.45) is 0 Å². The second-order valence-corrected chi connectivity index (χ2v) is 7.35. The molecule has 0 aliphatic heterocycles. The molecular formula is C16H15ClF3NO5S. The number of alkyl halides is 3. The Bertz CT molecular complexity index is 876. The third-order valence-corrected chi connectivity index (χ3v) is 4.92. The van der Waals surface area contributed by atoms with Crippen molar-refractivity contribution in [3.8, 4) is 11.6 Å². The zero-order chi connectivity index (χ0) is 20.1. The summed E-state index contributed by atoms with van der Waals surface area (Å²) in [6.45, 7) is -1.13. The number of ether oxygens (including phenoxy) is 1. The van der Waals surface area contributed by atoms with Crippen LogP contribution in [0.4, 0.5) is 13.2 Å². The fraction of sp³-hybridized carbons (Fsp3) is 0.312. The van der Waals surface area contributed by atoms with Gasteiger partial charge in [-0.3, -0.25) is 0 Å². The van der Waals surface area contributed by atoms with Gasteiger partial charge in [0, 0.05) is 11.8 Å². The van der Waals surface area contributed by atoms with E-state index in [1.807, 2.05) is 0 Å². The van der Waals surface area contributed by atoms with E-state index in [1.165, 1.54) is 12.1 Å². The second-order valence-electron chi connectivity index (χ2n) is 5.29. The number of hydrogen-bond acceptors (Lipinski definition) is 6. The first kappa shape index (κ1) is 21.3. The van der Waals surface area contributed by atoms with Crippen LogP contribution in [-0.2, 0) is 22.9 Å². The van der Waals surface area contributed by atoms with Gasteiger partial charge in [0.25, 0.3) is 0 Å². The Morgan fingerprint density at radius 2 is 1.85 bits per heavy atom. The molecule has 0 aliphatic rings. The number of hydrogen-bond donors (Lipinski definition) is 1. The Hall–Kier alpha value is -2.04. The minimum absolute atomic E-state index is 0.0113. The van der Waals surface area contributed by atoms with E-state index < -0.39 is 39.1 Å². The molecule has 1 aromatic heterocycles. The van der Waals surface area contributed by atoms with Gasteiger partial charge in [-0.1, -0.05) is 29.8 Å². The van der Waals surface area contributed by atoms with Gasteiger partial charge in [-0.15, -0.1) is 0 Å². The van der Waals surface area contributed by atoms with Crippen molar-refractivity contribution >= 4 is 21.7 Å². The lowest BCUT2D eigenvalue weighted by Crippen LogP contribution is -2.16. The highest BCUT2D eigenvalue weighted by Gasteiger charge is 2.35. The lowest BCUT2D eigenvalue weighted by atomic mass is 10.1. The lowest BCUT2D eigenvalue weighted by molar-refractivity contribution is -0.138. The fourth-order valence-corrected chi connectivity index (χ4v) is 3.30. The summed E-state index contributed by atoms with van der Waals surface area (Å²) in [5, 5.41) is 8.67. The summed E-state index contributed by atoms with van der Waals surface area (Å²) in [7, 11) is -3.86. The van der Waals surface area contributed by atoms with E-state index in [0.717, 1.165) is 0 Å². The van der Waals surface area contributed by atoms with E-state index in [9.17, 15) is 21.6 Å². The van der Waals surface area contributed by atoms with Crippen LogP contribution in [0, 0.1) is 0 Å². The first-order valence-electron chi connectivity index (χ1n) is 7.59. The van der Waals surface area contributed by atoms with Gasteiger partial charge in [-0.2, -0.15) is 21.6 Å². The van der Waals surface area contributed by atoms with Gasteiger partial charge >= 0.3 is 16.3 Å². The van der Waals surface area contributed by atoms with Crippen molar-refractivity contribution in [1.29, 1.82) is 0 Å². The zero-order valence-corrected chi connectivity index (χ0v) is 15.3. The molecule has 1 aromatic carbocycles. The predicted molar refractivity (Wildman–Crippen MR) is 91.1 cm³/mol. The molecule has 0 fully saturated rings. The molecule has 6 nitrogen and oxygen atoms in total. The molecule has 0 atom stereocenters. The van der Waals surface area contributed by atoms with Gasteiger partial charge in [-0.05, 0) is 18.6 Å². The first-order valence-corrected chi connectivity index (χ1v) is 9.55. The molecular weight excluding hydrogens is 411 g/mol. The summed E-state index contributed by atoms with van der Waals surface area (Å²) in [5.74, 6) is -0.541. The van der Waals surface area contributed by atoms with Crippen LogP contribution in [0.1, 0.15) is 17.5 Å². The van der Waals surface area contributed by atoms with Crippen LogP contribution < -0.4 is 8.92 Å². The Morgan fingerprint density at radius 3 is 2.44 bits per heavy atom. The number of aliphatic hydroxyl groups excluding tert-OH is 1. The largest absolute Gasteiger partial charge is 0.477 e. The van der Waals surface area contributed by atoms with Gasteiger partial charge < -0.3 is 14.0 Å². The molecule has 148 valence electrons. The third kappa shape index (κ3) is 5.98. The molecule has 0 aliphatic carbocycles. The zero-order valence-electron chi connectivity index (χ0n) is 13.7. The normalized spacial score (nSPS) is 12.0. The van der Waals surface area contributed by atoms with Crippen LogP contribution >= 0.6 is 11.6 Å². The molecule has 0 unspecified atom stereocenters. The number of aromatic nitrogens is 1. The molecule has 2 rings (SSSR count). The van der Waals surface area contributed by atoms with Gasteiger partial charge in [0.2, 0.25) is 5.88 Å². The first-order chi connectivity index (χ1) is 12.6. The highest BCUT2D eigenvalue weighted by molar-refractivity contribution is 7.87. The molecule has 0 bridgehead atoms. The quantitative estimate of drug-likeness (QED) is 0.515. The molecule has 0 amide bonds. The molecule has 11 heteroatoms. The molecule has 0 radical (unpaired) electrons. The molecule has 0 saturated heterocycles. The number of pyridine rings is 1. The highest BCUT2D eigenvalue weighted by Crippen LogP contribution is 2.37. The van der Waals surface area contributed by atoms with Crippen molar-refractivity contribution in [3.05, 3.63) is 52.7 Å². The van der Waals surface area contributed by atoms with E-state index >= 15 is 0 Å². The topological polar surface area (TPSA) is 85.7 Å². The van der Waals surface area contributed by atoms with E-state index in [-0.39, 0.29) is 30.4 Å². The third-order valence-electron chi connectivity index (χ3n) is 3.30. The Morgan fingerprint density at radius 1 is 1.19 bits per heavy atom. The number of rotatable bonds is 8. The van der Waals surface area contributed by atoms with E-state index in [0.29, 0.717) is 6.20 Å². The molecule has 1 heterocycles. The van der Waals surface area contributed by atoms with E-state index in [1.54, 1.807) is 18.2 Å². The van der Waals surface area contributed by atoms with Gasteiger partial charge in [0.15, 0.2) is 0 Å². The minimum Gasteiger partial charge on any atom is -0.477 e. The second kappa shape index (κ2) is 8.77. The molecule has 0 saturated carbocycles. The Labute approximate surface area is 158 Å². The number of nitrogens with zero attached hydrogens (tertiary/aromatic N) is 1. The standard InChI is InChI=1S/C16H15ClF3NO5S/c17-14-12(10-22)13(16(18,19)20)9-21-15(14)25-7-4-8-27(23,24)26-11-5-2-1-3-6-11/h1-3,5-6,9,22H,4,7-8,10H2. The van der Waals surface area contributed by atoms with Crippen LogP contribution in [0.5, 0.6) is 11.6 Å². The van der Waals surface area contributed by atoms with Gasteiger partial charge in [-0.25, -0.2) is 4.98 Å². The van der Waals surface area contributed by atoms with Crippen molar-refractivity contribution in [1.82, 2.24) is 4.98 Å². The summed E-state index contributed by atoms with van der Waals surface area (Å²) in [5.41, 5.74) is -1.73. The van der Waals surface area contributed by atoms with E-state index in [4.69, 9.17) is 25.6 Å². The number of aliphatic hydroxyl groups is 1. The van der Waals surface area contributed by atoms with Crippen LogP contribution in [0.15, 0.2) is 36.5 Å². The molecule has 27 heavy (non-hydrogen) atoms. The maximum Gasteiger partial charge on any atom is 0.418 e. The predicted octanol–water partition coefficient (Wildman–Crippen LogP) is 3.42. The molecule has 1 N–H and O–H groups in total. The van der Waals surface area contributed by atoms with Gasteiger partial charge in [0.1, 0.15) is 10.8 Å². The SMILES string of the molecule is O=S(=O)(CCCOc1ncc(C(F)(F)F)c(CO)c1Cl)Oc1ccccc1. The lowest BCUT2D eigenvalue weighted by Gasteiger charge is -2.15. The average Bonchev–Trinajstić information content (AvgIpc) is 2.59. The summed E-state index contributed by atoms with van der Waals surface area (Å²) < 4.78 is 72.2. The summed E-state index contributed by atoms with van der Waals surface area (Å²) in [6, 6.07) is 7.90. The maximum atomic E-state index is 12.8. The monoisotopic (exact) mass is 425 g/mol. The van der Waals surface area contributed by atoms with Crippen molar-refractivity contribution in [2.45, 2.75) is 19.2 Å². The molecule has 0 spiro atoms. The minimum atomic E-state index is -4.73. The number of halogens is 4. The van der Waals surface area contributed by atoms with Crippen molar-refractivity contribution in [2.75, 3.05) is 12.4 Å².